The molecule has 2 aromatic rings. The second kappa shape index (κ2) is 9.91. The van der Waals surface area contributed by atoms with E-state index < -0.39 is 21.2 Å². The Bertz CT molecular complexity index is 706. The molecule has 120 valence electrons. The quantitative estimate of drug-likeness (QED) is 0.185. The van der Waals surface area contributed by atoms with Gasteiger partial charge in [-0.1, -0.05) is 0 Å². The van der Waals surface area contributed by atoms with Crippen molar-refractivity contribution >= 4 is 16.3 Å². The van der Waals surface area contributed by atoms with Gasteiger partial charge >= 0.3 is 35.7 Å². The normalized spacial score (nSPS) is 10.1. The Morgan fingerprint density at radius 2 is 1.91 bits per heavy atom. The van der Waals surface area contributed by atoms with Crippen LogP contribution in [0.25, 0.3) is 0 Å². The minimum atomic E-state index is -4.51. The Labute approximate surface area is 161 Å². The van der Waals surface area contributed by atoms with Gasteiger partial charge in [0.15, 0.2) is 0 Å². The number of imidazole rings is 1. The molecular weight excluding hydrogens is 359 g/mol. The Kier molecular flexibility index (Phi) is 9.44. The summed E-state index contributed by atoms with van der Waals surface area (Å²) in [6.45, 7) is 0.584. The van der Waals surface area contributed by atoms with Crippen LogP contribution in [0.15, 0.2) is 47.9 Å². The van der Waals surface area contributed by atoms with Gasteiger partial charge in [-0.05, 0) is 24.3 Å². The Morgan fingerprint density at radius 3 is 2.43 bits per heavy atom. The van der Waals surface area contributed by atoms with E-state index in [-0.39, 0.29) is 54.3 Å². The molecule has 1 N–H and O–H groups in total. The largest absolute Gasteiger partial charge is 1.00 e. The fourth-order valence-electron chi connectivity index (χ4n) is 1.49. The van der Waals surface area contributed by atoms with Crippen molar-refractivity contribution in [2.75, 3.05) is 6.61 Å². The number of aromatic nitrogens is 2. The molecule has 0 amide bonds. The molecule has 0 atom stereocenters. The first-order chi connectivity index (χ1) is 9.95. The van der Waals surface area contributed by atoms with E-state index >= 15 is 0 Å². The molecule has 0 radical (unpaired) electrons. The average Bonchev–Trinajstić information content (AvgIpc) is 2.91. The monoisotopic (exact) mass is 370 g/mol. The fraction of sp³-hybridized carbons (Fsp3) is 0.167. The van der Waals surface area contributed by atoms with Gasteiger partial charge in [0.2, 0.25) is 6.33 Å². The Hall–Kier alpha value is -1.10. The van der Waals surface area contributed by atoms with E-state index in [9.17, 15) is 17.8 Å². The summed E-state index contributed by atoms with van der Waals surface area (Å²) in [5.41, 5.74) is 0. The van der Waals surface area contributed by atoms with Gasteiger partial charge in [0, 0.05) is 0 Å². The molecule has 0 aliphatic heterocycles. The van der Waals surface area contributed by atoms with Crippen molar-refractivity contribution in [1.82, 2.24) is 4.98 Å². The number of ether oxygens (including phenoxy) is 2. The topological polar surface area (TPSA) is 112 Å². The number of carbonyl (C=O) groups excluding carboxylic acids is 1. The molecule has 23 heavy (non-hydrogen) atoms. The van der Waals surface area contributed by atoms with Crippen LogP contribution < -0.4 is 51.3 Å². The van der Waals surface area contributed by atoms with Crippen LogP contribution >= 0.6 is 0 Å². The minimum Gasteiger partial charge on any atom is -1.00 e. The first-order valence-corrected chi connectivity index (χ1v) is 7.28. The van der Waals surface area contributed by atoms with Crippen molar-refractivity contribution in [2.45, 2.75) is 11.4 Å². The van der Waals surface area contributed by atoms with Gasteiger partial charge in [-0.15, -0.1) is 0 Å². The molecule has 1 heterocycles. The number of nitrogens with one attached hydrogen (secondary N) is 1. The van der Waals surface area contributed by atoms with Crippen LogP contribution in [0.2, 0.25) is 0 Å². The fourth-order valence-corrected chi connectivity index (χ4v) is 1.96. The number of rotatable bonds is 5. The summed E-state index contributed by atoms with van der Waals surface area (Å²) < 4.78 is 43.6. The molecule has 0 unspecified atom stereocenters. The molecule has 2 rings (SSSR count). The third-order valence-corrected chi connectivity index (χ3v) is 3.34. The molecule has 0 aliphatic rings. The summed E-state index contributed by atoms with van der Waals surface area (Å²) in [5.74, 6) is 0.0849. The maximum absolute atomic E-state index is 11.4. The molecule has 0 fully saturated rings. The summed E-state index contributed by atoms with van der Waals surface area (Å²) in [5, 5.41) is 0. The van der Waals surface area contributed by atoms with E-state index in [1.54, 1.807) is 23.3 Å². The molecule has 1 aromatic heterocycles. The number of benzene rings is 1. The SMILES string of the molecule is O=C(OCC[n+]1cc[nH]c1)Oc1ccc(S(=O)(=O)[O-])cc1.[Cl-].[Na+]. The Morgan fingerprint density at radius 1 is 1.26 bits per heavy atom. The molecule has 11 heteroatoms. The van der Waals surface area contributed by atoms with Crippen molar-refractivity contribution < 1.29 is 73.8 Å². The van der Waals surface area contributed by atoms with Gasteiger partial charge in [0.05, 0.1) is 4.90 Å². The van der Waals surface area contributed by atoms with Crippen LogP contribution in [0, 0.1) is 0 Å². The molecule has 1 aromatic carbocycles. The first kappa shape index (κ1) is 21.9. The zero-order valence-electron chi connectivity index (χ0n) is 12.1. The Balaban J connectivity index is 0.00000242. The van der Waals surface area contributed by atoms with Gasteiger partial charge in [-0.3, -0.25) is 4.98 Å². The number of H-pyrrole nitrogens is 1. The maximum atomic E-state index is 11.4. The standard InChI is InChI=1S/C12H12N2O6S.ClH.Na/c15-12(19-8-7-14-6-5-13-9-14)20-10-1-3-11(4-2-10)21(16,17)18;;/h1-6,9H,7-8H2,(H,16,17,18);1H;/q;;+1/p-1. The van der Waals surface area contributed by atoms with E-state index in [1.165, 1.54) is 12.1 Å². The second-order valence-corrected chi connectivity index (χ2v) is 5.36. The second-order valence-electron chi connectivity index (χ2n) is 3.98. The van der Waals surface area contributed by atoms with E-state index in [0.29, 0.717) is 6.54 Å². The molecule has 0 saturated heterocycles. The smallest absolute Gasteiger partial charge is 1.00 e. The summed E-state index contributed by atoms with van der Waals surface area (Å²) in [6.07, 6.45) is 4.29. The van der Waals surface area contributed by atoms with Crippen LogP contribution in [-0.4, -0.2) is 30.7 Å². The van der Waals surface area contributed by atoms with Crippen molar-refractivity contribution in [3.8, 4) is 5.75 Å². The zero-order chi connectivity index (χ0) is 15.3. The van der Waals surface area contributed by atoms with Crippen LogP contribution in [-0.2, 0) is 21.4 Å². The summed E-state index contributed by atoms with van der Waals surface area (Å²) in [4.78, 5) is 13.8. The molecule has 0 spiro atoms. The van der Waals surface area contributed by atoms with Crippen LogP contribution in [0.1, 0.15) is 0 Å². The molecular formula is C12H12ClN2NaO6S. The summed E-state index contributed by atoms with van der Waals surface area (Å²) >= 11 is 0. The average molecular weight is 371 g/mol. The molecule has 0 bridgehead atoms. The molecule has 0 saturated carbocycles. The van der Waals surface area contributed by atoms with E-state index in [4.69, 9.17) is 9.47 Å². The maximum Gasteiger partial charge on any atom is 1.00 e. The number of hydrogen-bond donors (Lipinski definition) is 1. The van der Waals surface area contributed by atoms with E-state index in [2.05, 4.69) is 4.98 Å². The number of carbonyl (C=O) groups is 1. The number of nitrogens with zero attached hydrogens (tertiary/aromatic N) is 1. The minimum absolute atomic E-state index is 0. The predicted molar refractivity (Wildman–Crippen MR) is 67.4 cm³/mol. The van der Waals surface area contributed by atoms with Gasteiger partial charge < -0.3 is 26.4 Å². The first-order valence-electron chi connectivity index (χ1n) is 5.87. The van der Waals surface area contributed by atoms with Crippen LogP contribution in [0.3, 0.4) is 0 Å². The summed E-state index contributed by atoms with van der Waals surface area (Å²) in [6, 6.07) is 4.51. The van der Waals surface area contributed by atoms with Crippen molar-refractivity contribution in [3.63, 3.8) is 0 Å². The van der Waals surface area contributed by atoms with Crippen LogP contribution in [0.5, 0.6) is 5.75 Å². The van der Waals surface area contributed by atoms with Gasteiger partial charge in [0.25, 0.3) is 0 Å². The van der Waals surface area contributed by atoms with E-state index in [1.807, 2.05) is 0 Å². The van der Waals surface area contributed by atoms with Gasteiger partial charge in [0.1, 0.15) is 41.4 Å². The number of aromatic amines is 1. The number of halogens is 1. The van der Waals surface area contributed by atoms with Crippen LogP contribution in [0.4, 0.5) is 4.79 Å². The molecule has 8 nitrogen and oxygen atoms in total. The van der Waals surface area contributed by atoms with Crippen molar-refractivity contribution in [3.05, 3.63) is 43.0 Å². The van der Waals surface area contributed by atoms with Gasteiger partial charge in [-0.2, -0.15) is 0 Å². The van der Waals surface area contributed by atoms with E-state index in [0.717, 1.165) is 12.1 Å². The van der Waals surface area contributed by atoms with Gasteiger partial charge in [-0.25, -0.2) is 17.8 Å². The zero-order valence-corrected chi connectivity index (χ0v) is 15.7. The predicted octanol–water partition coefficient (Wildman–Crippen LogP) is -5.57. The molecule has 0 aliphatic carbocycles. The third-order valence-electron chi connectivity index (χ3n) is 2.49. The summed E-state index contributed by atoms with van der Waals surface area (Å²) in [7, 11) is -4.51. The number of hydrogen-bond acceptors (Lipinski definition) is 6. The third kappa shape index (κ3) is 7.34. The van der Waals surface area contributed by atoms with Crippen molar-refractivity contribution in [2.24, 2.45) is 0 Å². The van der Waals surface area contributed by atoms with Crippen molar-refractivity contribution in [1.29, 1.82) is 0 Å².